The Morgan fingerprint density at radius 1 is 1.07 bits per heavy atom. The molecule has 0 aromatic heterocycles. The molecule has 0 unspecified atom stereocenters. The first kappa shape index (κ1) is 20.7. The second-order valence-electron chi connectivity index (χ2n) is 6.59. The largest absolute Gasteiger partial charge is 0.385 e. The van der Waals surface area contributed by atoms with E-state index in [1.54, 1.807) is 12.1 Å². The quantitative estimate of drug-likeness (QED) is 0.546. The number of carbonyl (C=O) groups excluding carboxylic acids is 3. The van der Waals surface area contributed by atoms with Gasteiger partial charge in [0.1, 0.15) is 0 Å². The molecule has 0 fully saturated rings. The number of ether oxygens (including phenoxy) is 1. The topological polar surface area (TPSA) is 110 Å². The number of amides is 3. The van der Waals surface area contributed by atoms with E-state index in [0.29, 0.717) is 13.0 Å². The first-order chi connectivity index (χ1) is 13.7. The van der Waals surface area contributed by atoms with Crippen LogP contribution in [0.15, 0.2) is 47.4 Å². The number of nitrogens with zero attached hydrogens (tertiary/aromatic N) is 1. The molecule has 0 saturated heterocycles. The van der Waals surface area contributed by atoms with Gasteiger partial charge in [-0.05, 0) is 36.8 Å². The monoisotopic (exact) mass is 416 g/mol. The number of imide groups is 1. The van der Waals surface area contributed by atoms with E-state index in [-0.39, 0.29) is 33.8 Å². The lowest BCUT2D eigenvalue weighted by Gasteiger charge is -2.12. The smallest absolute Gasteiger partial charge is 0.261 e. The molecule has 0 bridgehead atoms. The van der Waals surface area contributed by atoms with E-state index in [2.05, 4.69) is 5.32 Å². The van der Waals surface area contributed by atoms with E-state index in [1.165, 1.54) is 37.4 Å². The fraction of sp³-hybridized carbons (Fsp3) is 0.250. The molecule has 1 aliphatic rings. The fourth-order valence-electron chi connectivity index (χ4n) is 3.09. The molecule has 29 heavy (non-hydrogen) atoms. The lowest BCUT2D eigenvalue weighted by Crippen LogP contribution is -2.31. The number of nitrogens with one attached hydrogen (secondary N) is 1. The fourth-order valence-corrected chi connectivity index (χ4v) is 3.93. The van der Waals surface area contributed by atoms with Crippen molar-refractivity contribution in [2.75, 3.05) is 31.8 Å². The van der Waals surface area contributed by atoms with E-state index in [0.717, 1.165) is 11.2 Å². The SMILES string of the molecule is COCCCN1C(=O)c2ccc(C(=O)Nc3ccccc3S(C)(=O)=O)cc2C1=O. The van der Waals surface area contributed by atoms with Gasteiger partial charge in [0.05, 0.1) is 21.7 Å². The predicted octanol–water partition coefficient (Wildman–Crippen LogP) is 1.97. The molecule has 8 nitrogen and oxygen atoms in total. The summed E-state index contributed by atoms with van der Waals surface area (Å²) in [7, 11) is -2.00. The Morgan fingerprint density at radius 3 is 2.45 bits per heavy atom. The van der Waals surface area contributed by atoms with Crippen LogP contribution in [0.1, 0.15) is 37.5 Å². The van der Waals surface area contributed by atoms with Crippen LogP contribution in [0.5, 0.6) is 0 Å². The van der Waals surface area contributed by atoms with Crippen molar-refractivity contribution in [1.82, 2.24) is 4.90 Å². The summed E-state index contributed by atoms with van der Waals surface area (Å²) >= 11 is 0. The van der Waals surface area contributed by atoms with Crippen LogP contribution < -0.4 is 5.32 Å². The van der Waals surface area contributed by atoms with Crippen LogP contribution in [0, 0.1) is 0 Å². The van der Waals surface area contributed by atoms with E-state index in [1.807, 2.05) is 0 Å². The molecule has 152 valence electrons. The van der Waals surface area contributed by atoms with E-state index >= 15 is 0 Å². The molecular weight excluding hydrogens is 396 g/mol. The van der Waals surface area contributed by atoms with Crippen molar-refractivity contribution in [3.8, 4) is 0 Å². The molecule has 1 aliphatic heterocycles. The molecule has 3 amide bonds. The summed E-state index contributed by atoms with van der Waals surface area (Å²) in [5, 5.41) is 2.56. The molecule has 2 aromatic rings. The maximum Gasteiger partial charge on any atom is 0.261 e. The van der Waals surface area contributed by atoms with Gasteiger partial charge in [0.2, 0.25) is 0 Å². The minimum atomic E-state index is -3.54. The summed E-state index contributed by atoms with van der Waals surface area (Å²) in [4.78, 5) is 38.8. The number of sulfone groups is 1. The lowest BCUT2D eigenvalue weighted by molar-refractivity contribution is 0.0638. The summed E-state index contributed by atoms with van der Waals surface area (Å²) < 4.78 is 28.7. The molecule has 0 spiro atoms. The van der Waals surface area contributed by atoms with Gasteiger partial charge in [-0.1, -0.05) is 12.1 Å². The predicted molar refractivity (Wildman–Crippen MR) is 106 cm³/mol. The van der Waals surface area contributed by atoms with Crippen LogP contribution >= 0.6 is 0 Å². The van der Waals surface area contributed by atoms with Gasteiger partial charge in [-0.3, -0.25) is 19.3 Å². The highest BCUT2D eigenvalue weighted by Gasteiger charge is 2.35. The zero-order valence-corrected chi connectivity index (χ0v) is 16.8. The lowest BCUT2D eigenvalue weighted by atomic mass is 10.1. The Kier molecular flexibility index (Phi) is 5.81. The molecule has 0 aliphatic carbocycles. The third-order valence-electron chi connectivity index (χ3n) is 4.50. The number of benzene rings is 2. The Bertz CT molecular complexity index is 1090. The third-order valence-corrected chi connectivity index (χ3v) is 5.65. The van der Waals surface area contributed by atoms with Crippen LogP contribution in [0.3, 0.4) is 0 Å². The van der Waals surface area contributed by atoms with Gasteiger partial charge in [-0.15, -0.1) is 0 Å². The van der Waals surface area contributed by atoms with Crippen LogP contribution in [-0.4, -0.2) is 57.6 Å². The van der Waals surface area contributed by atoms with E-state index in [9.17, 15) is 22.8 Å². The highest BCUT2D eigenvalue weighted by Crippen LogP contribution is 2.26. The van der Waals surface area contributed by atoms with Crippen molar-refractivity contribution >= 4 is 33.2 Å². The molecule has 0 radical (unpaired) electrons. The van der Waals surface area contributed by atoms with Gasteiger partial charge in [-0.25, -0.2) is 8.42 Å². The number of rotatable bonds is 7. The minimum Gasteiger partial charge on any atom is -0.385 e. The summed E-state index contributed by atoms with van der Waals surface area (Å²) in [6.45, 7) is 0.643. The van der Waals surface area contributed by atoms with Crippen LogP contribution in [-0.2, 0) is 14.6 Å². The Hall–Kier alpha value is -3.04. The van der Waals surface area contributed by atoms with E-state index in [4.69, 9.17) is 4.74 Å². The Morgan fingerprint density at radius 2 is 1.76 bits per heavy atom. The van der Waals surface area contributed by atoms with Crippen molar-refractivity contribution in [3.63, 3.8) is 0 Å². The van der Waals surface area contributed by atoms with Gasteiger partial charge < -0.3 is 10.1 Å². The van der Waals surface area contributed by atoms with Crippen molar-refractivity contribution in [1.29, 1.82) is 0 Å². The summed E-state index contributed by atoms with van der Waals surface area (Å²) in [5.74, 6) is -1.45. The van der Waals surface area contributed by atoms with Gasteiger partial charge in [0, 0.05) is 32.1 Å². The molecule has 9 heteroatoms. The van der Waals surface area contributed by atoms with Crippen molar-refractivity contribution < 1.29 is 27.5 Å². The number of anilines is 1. The first-order valence-corrected chi connectivity index (χ1v) is 10.7. The summed E-state index contributed by atoms with van der Waals surface area (Å²) in [6, 6.07) is 10.3. The van der Waals surface area contributed by atoms with Crippen molar-refractivity contribution in [2.24, 2.45) is 0 Å². The van der Waals surface area contributed by atoms with Gasteiger partial charge in [-0.2, -0.15) is 0 Å². The first-order valence-electron chi connectivity index (χ1n) is 8.83. The van der Waals surface area contributed by atoms with Crippen LogP contribution in [0.4, 0.5) is 5.69 Å². The maximum absolute atomic E-state index is 12.6. The molecule has 1 N–H and O–H groups in total. The molecular formula is C20H20N2O6S. The van der Waals surface area contributed by atoms with Crippen molar-refractivity contribution in [3.05, 3.63) is 59.2 Å². The molecule has 2 aromatic carbocycles. The third kappa shape index (κ3) is 4.20. The second kappa shape index (κ2) is 8.14. The summed E-state index contributed by atoms with van der Waals surface area (Å²) in [5.41, 5.74) is 0.674. The second-order valence-corrected chi connectivity index (χ2v) is 8.58. The van der Waals surface area contributed by atoms with Crippen LogP contribution in [0.2, 0.25) is 0 Å². The number of hydrogen-bond donors (Lipinski definition) is 1. The van der Waals surface area contributed by atoms with Gasteiger partial charge in [0.25, 0.3) is 17.7 Å². The van der Waals surface area contributed by atoms with Gasteiger partial charge in [0.15, 0.2) is 9.84 Å². The number of para-hydroxylation sites is 1. The molecule has 0 saturated carbocycles. The summed E-state index contributed by atoms with van der Waals surface area (Å²) in [6.07, 6.45) is 1.56. The van der Waals surface area contributed by atoms with Crippen molar-refractivity contribution in [2.45, 2.75) is 11.3 Å². The highest BCUT2D eigenvalue weighted by molar-refractivity contribution is 7.90. The standard InChI is InChI=1S/C20H20N2O6S/c1-28-11-5-10-22-19(24)14-9-8-13(12-15(14)20(22)25)18(23)21-16-6-3-4-7-17(16)29(2,26)27/h3-4,6-9,12H,5,10-11H2,1-2H3,(H,21,23). The average molecular weight is 416 g/mol. The zero-order chi connectivity index (χ0) is 21.2. The normalized spacial score (nSPS) is 13.5. The number of fused-ring (bicyclic) bond motifs is 1. The maximum atomic E-state index is 12.6. The molecule has 3 rings (SSSR count). The highest BCUT2D eigenvalue weighted by atomic mass is 32.2. The minimum absolute atomic E-state index is 0.00918. The number of hydrogen-bond acceptors (Lipinski definition) is 6. The van der Waals surface area contributed by atoms with E-state index < -0.39 is 27.6 Å². The zero-order valence-electron chi connectivity index (χ0n) is 16.0. The molecule has 0 atom stereocenters. The van der Waals surface area contributed by atoms with Gasteiger partial charge >= 0.3 is 0 Å². The Labute approximate surface area is 168 Å². The average Bonchev–Trinajstić information content (AvgIpc) is 2.92. The number of carbonyl (C=O) groups is 3. The Balaban J connectivity index is 1.84. The van der Waals surface area contributed by atoms with Crippen LogP contribution in [0.25, 0.3) is 0 Å². The number of methoxy groups -OCH3 is 1. The molecule has 1 heterocycles.